The molecule has 1 heterocycles. The Labute approximate surface area is 105 Å². The van der Waals surface area contributed by atoms with E-state index in [1.54, 1.807) is 0 Å². The van der Waals surface area contributed by atoms with E-state index in [-0.39, 0.29) is 0 Å². The monoisotopic (exact) mass is 283 g/mol. The van der Waals surface area contributed by atoms with Crippen LogP contribution in [0, 0.1) is 0 Å². The Kier molecular flexibility index (Phi) is 3.71. The molecule has 88 valence electrons. The van der Waals surface area contributed by atoms with Crippen LogP contribution in [0.25, 0.3) is 0 Å². The third-order valence-corrected chi connectivity index (χ3v) is 3.50. The minimum atomic E-state index is 0.704. The zero-order valence-electron chi connectivity index (χ0n) is 9.62. The van der Waals surface area contributed by atoms with Crippen LogP contribution < -0.4 is 15.5 Å². The molecular formula is C12H18BrN3. The van der Waals surface area contributed by atoms with Crippen molar-refractivity contribution in [3.63, 3.8) is 0 Å². The molecule has 1 aromatic rings. The Morgan fingerprint density at radius 2 is 2.12 bits per heavy atom. The van der Waals surface area contributed by atoms with Crippen molar-refractivity contribution in [2.75, 3.05) is 43.0 Å². The van der Waals surface area contributed by atoms with Gasteiger partial charge in [0.1, 0.15) is 0 Å². The second kappa shape index (κ2) is 5.06. The minimum absolute atomic E-state index is 0.704. The zero-order chi connectivity index (χ0) is 11.5. The average molecular weight is 284 g/mol. The number of rotatable bonds is 2. The van der Waals surface area contributed by atoms with E-state index in [0.29, 0.717) is 6.54 Å². The van der Waals surface area contributed by atoms with Gasteiger partial charge in [-0.25, -0.2) is 0 Å². The van der Waals surface area contributed by atoms with Gasteiger partial charge in [-0.1, -0.05) is 15.9 Å². The summed E-state index contributed by atoms with van der Waals surface area (Å²) in [5.74, 6) is 0. The highest BCUT2D eigenvalue weighted by molar-refractivity contribution is 9.10. The standard InChI is InChI=1S/C12H18BrN3/c1-15-6-2-7-16(8-5-14)12-9-10(13)3-4-11(12)15/h3-4,9H,2,5-8,14H2,1H3. The van der Waals surface area contributed by atoms with Gasteiger partial charge in [0.2, 0.25) is 0 Å². The van der Waals surface area contributed by atoms with Crippen LogP contribution in [0.5, 0.6) is 0 Å². The number of anilines is 2. The topological polar surface area (TPSA) is 32.5 Å². The molecule has 1 aliphatic heterocycles. The van der Waals surface area contributed by atoms with Crippen LogP contribution in [0.4, 0.5) is 11.4 Å². The average Bonchev–Trinajstić information content (AvgIpc) is 2.40. The molecule has 3 nitrogen and oxygen atoms in total. The fraction of sp³-hybridized carbons (Fsp3) is 0.500. The van der Waals surface area contributed by atoms with Gasteiger partial charge in [-0.2, -0.15) is 0 Å². The lowest BCUT2D eigenvalue weighted by Gasteiger charge is -2.25. The number of fused-ring (bicyclic) bond motifs is 1. The molecule has 4 heteroatoms. The molecule has 0 amide bonds. The third kappa shape index (κ3) is 2.33. The molecule has 2 rings (SSSR count). The SMILES string of the molecule is CN1CCCN(CCN)c2cc(Br)ccc21. The van der Waals surface area contributed by atoms with Gasteiger partial charge in [-0.15, -0.1) is 0 Å². The number of hydrogen-bond donors (Lipinski definition) is 1. The van der Waals surface area contributed by atoms with Gasteiger partial charge in [0, 0.05) is 37.7 Å². The largest absolute Gasteiger partial charge is 0.373 e. The predicted molar refractivity (Wildman–Crippen MR) is 73.3 cm³/mol. The second-order valence-electron chi connectivity index (χ2n) is 4.18. The highest BCUT2D eigenvalue weighted by Crippen LogP contribution is 2.33. The normalized spacial score (nSPS) is 15.9. The summed E-state index contributed by atoms with van der Waals surface area (Å²) in [4.78, 5) is 4.70. The summed E-state index contributed by atoms with van der Waals surface area (Å²) in [6.45, 7) is 3.83. The Balaban J connectivity index is 2.40. The van der Waals surface area contributed by atoms with Gasteiger partial charge in [0.15, 0.2) is 0 Å². The summed E-state index contributed by atoms with van der Waals surface area (Å²) < 4.78 is 1.13. The van der Waals surface area contributed by atoms with Crippen molar-refractivity contribution in [1.29, 1.82) is 0 Å². The summed E-state index contributed by atoms with van der Waals surface area (Å²) in [5, 5.41) is 0. The second-order valence-corrected chi connectivity index (χ2v) is 5.10. The molecule has 0 bridgehead atoms. The molecule has 2 N–H and O–H groups in total. The number of nitrogens with zero attached hydrogens (tertiary/aromatic N) is 2. The molecule has 0 saturated heterocycles. The van der Waals surface area contributed by atoms with Crippen LogP contribution in [0.1, 0.15) is 6.42 Å². The summed E-state index contributed by atoms with van der Waals surface area (Å²) >= 11 is 3.54. The lowest BCUT2D eigenvalue weighted by atomic mass is 10.2. The molecule has 0 atom stereocenters. The van der Waals surface area contributed by atoms with Crippen molar-refractivity contribution in [1.82, 2.24) is 0 Å². The molecule has 0 radical (unpaired) electrons. The molecule has 0 fully saturated rings. The summed E-state index contributed by atoms with van der Waals surface area (Å²) in [6.07, 6.45) is 1.18. The molecule has 1 aromatic carbocycles. The molecule has 1 aliphatic rings. The van der Waals surface area contributed by atoms with Crippen molar-refractivity contribution >= 4 is 27.3 Å². The van der Waals surface area contributed by atoms with E-state index in [1.165, 1.54) is 17.8 Å². The summed E-state index contributed by atoms with van der Waals surface area (Å²) in [6, 6.07) is 6.46. The first-order valence-electron chi connectivity index (χ1n) is 5.68. The fourth-order valence-electron chi connectivity index (χ4n) is 2.20. The maximum Gasteiger partial charge on any atom is 0.0615 e. The van der Waals surface area contributed by atoms with Gasteiger partial charge in [0.25, 0.3) is 0 Å². The van der Waals surface area contributed by atoms with E-state index in [0.717, 1.165) is 24.1 Å². The smallest absolute Gasteiger partial charge is 0.0615 e. The molecule has 16 heavy (non-hydrogen) atoms. The van der Waals surface area contributed by atoms with Gasteiger partial charge >= 0.3 is 0 Å². The van der Waals surface area contributed by atoms with Crippen molar-refractivity contribution in [2.24, 2.45) is 5.73 Å². The predicted octanol–water partition coefficient (Wildman–Crippen LogP) is 2.05. The lowest BCUT2D eigenvalue weighted by Crippen LogP contribution is -2.29. The molecule has 0 saturated carbocycles. The number of halogens is 1. The number of nitrogens with two attached hydrogens (primary N) is 1. The highest BCUT2D eigenvalue weighted by Gasteiger charge is 2.17. The van der Waals surface area contributed by atoms with E-state index < -0.39 is 0 Å². The molecule has 0 spiro atoms. The van der Waals surface area contributed by atoms with E-state index in [1.807, 2.05) is 0 Å². The first-order chi connectivity index (χ1) is 7.72. The van der Waals surface area contributed by atoms with Crippen LogP contribution in [0.15, 0.2) is 22.7 Å². The molecule has 0 aromatic heterocycles. The lowest BCUT2D eigenvalue weighted by molar-refractivity contribution is 0.741. The maximum atomic E-state index is 5.67. The fourth-order valence-corrected chi connectivity index (χ4v) is 2.55. The Morgan fingerprint density at radius 1 is 1.31 bits per heavy atom. The van der Waals surface area contributed by atoms with E-state index >= 15 is 0 Å². The first-order valence-corrected chi connectivity index (χ1v) is 6.47. The summed E-state index contributed by atoms with van der Waals surface area (Å²) in [5.41, 5.74) is 8.26. The maximum absolute atomic E-state index is 5.67. The highest BCUT2D eigenvalue weighted by atomic mass is 79.9. The quantitative estimate of drug-likeness (QED) is 0.902. The number of hydrogen-bond acceptors (Lipinski definition) is 3. The molecule has 0 aliphatic carbocycles. The van der Waals surface area contributed by atoms with E-state index in [2.05, 4.69) is 51.0 Å². The van der Waals surface area contributed by atoms with E-state index in [4.69, 9.17) is 5.73 Å². The van der Waals surface area contributed by atoms with Crippen LogP contribution in [-0.2, 0) is 0 Å². The van der Waals surface area contributed by atoms with Crippen molar-refractivity contribution < 1.29 is 0 Å². The third-order valence-electron chi connectivity index (χ3n) is 3.01. The first kappa shape index (κ1) is 11.7. The van der Waals surface area contributed by atoms with Crippen LogP contribution in [0.3, 0.4) is 0 Å². The van der Waals surface area contributed by atoms with Gasteiger partial charge < -0.3 is 15.5 Å². The minimum Gasteiger partial charge on any atom is -0.373 e. The molecule has 0 unspecified atom stereocenters. The van der Waals surface area contributed by atoms with Crippen molar-refractivity contribution in [2.45, 2.75) is 6.42 Å². The summed E-state index contributed by atoms with van der Waals surface area (Å²) in [7, 11) is 2.15. The number of benzene rings is 1. The Bertz CT molecular complexity index is 367. The van der Waals surface area contributed by atoms with Gasteiger partial charge in [-0.3, -0.25) is 0 Å². The van der Waals surface area contributed by atoms with Gasteiger partial charge in [0.05, 0.1) is 11.4 Å². The Morgan fingerprint density at radius 3 is 2.88 bits per heavy atom. The van der Waals surface area contributed by atoms with Crippen LogP contribution in [-0.4, -0.2) is 33.2 Å². The van der Waals surface area contributed by atoms with Crippen LogP contribution >= 0.6 is 15.9 Å². The van der Waals surface area contributed by atoms with Crippen LogP contribution in [0.2, 0.25) is 0 Å². The van der Waals surface area contributed by atoms with Crippen molar-refractivity contribution in [3.8, 4) is 0 Å². The Hall–Kier alpha value is -0.740. The van der Waals surface area contributed by atoms with Crippen molar-refractivity contribution in [3.05, 3.63) is 22.7 Å². The zero-order valence-corrected chi connectivity index (χ0v) is 11.2. The van der Waals surface area contributed by atoms with E-state index in [9.17, 15) is 0 Å². The molecular weight excluding hydrogens is 266 g/mol. The van der Waals surface area contributed by atoms with Gasteiger partial charge in [-0.05, 0) is 24.6 Å².